The Kier molecular flexibility index (Phi) is 11.3. The Balaban J connectivity index is 0.000000436. The molecule has 9 nitrogen and oxygen atoms in total. The number of rotatable bonds is 9. The summed E-state index contributed by atoms with van der Waals surface area (Å²) in [5.74, 6) is -2.19. The van der Waals surface area contributed by atoms with Crippen LogP contribution in [0.25, 0.3) is 0 Å². The molecule has 38 heavy (non-hydrogen) atoms. The highest BCUT2D eigenvalue weighted by molar-refractivity contribution is 6.43. The van der Waals surface area contributed by atoms with Crippen molar-refractivity contribution in [3.05, 3.63) is 64.2 Å². The lowest BCUT2D eigenvalue weighted by Crippen LogP contribution is -2.46. The summed E-state index contributed by atoms with van der Waals surface area (Å²) in [4.78, 5) is 35.2. The van der Waals surface area contributed by atoms with Crippen molar-refractivity contribution in [2.45, 2.75) is 25.7 Å². The van der Waals surface area contributed by atoms with E-state index < -0.39 is 11.9 Å². The Morgan fingerprint density at radius 3 is 2.37 bits per heavy atom. The Labute approximate surface area is 231 Å². The number of halogens is 2. The number of carboxylic acids is 2. The van der Waals surface area contributed by atoms with E-state index in [0.717, 1.165) is 69.1 Å². The van der Waals surface area contributed by atoms with Gasteiger partial charge in [-0.1, -0.05) is 35.3 Å². The van der Waals surface area contributed by atoms with Crippen molar-refractivity contribution in [2.75, 3.05) is 49.5 Å². The predicted octanol–water partition coefficient (Wildman–Crippen LogP) is 1.90. The molecular weight excluding hydrogens is 533 g/mol. The van der Waals surface area contributed by atoms with E-state index in [1.54, 1.807) is 0 Å². The zero-order valence-corrected chi connectivity index (χ0v) is 22.3. The highest BCUT2D eigenvalue weighted by Gasteiger charge is 2.19. The van der Waals surface area contributed by atoms with Crippen LogP contribution in [-0.4, -0.2) is 62.1 Å². The van der Waals surface area contributed by atoms with Crippen LogP contribution in [-0.2, 0) is 20.8 Å². The molecule has 0 saturated carbocycles. The number of benzene rings is 2. The lowest BCUT2D eigenvalue weighted by molar-refractivity contribution is -0.301. The number of anilines is 2. The third-order valence-electron chi connectivity index (χ3n) is 6.11. The van der Waals surface area contributed by atoms with Crippen molar-refractivity contribution in [3.8, 4) is 5.75 Å². The van der Waals surface area contributed by atoms with Gasteiger partial charge in [0, 0.05) is 44.4 Å². The molecular formula is C27H29Cl2N3O6-2. The van der Waals surface area contributed by atoms with E-state index >= 15 is 0 Å². The Morgan fingerprint density at radius 2 is 1.68 bits per heavy atom. The van der Waals surface area contributed by atoms with Crippen LogP contribution in [0.1, 0.15) is 24.8 Å². The number of carbonyl (C=O) groups is 3. The number of nitrogens with one attached hydrogen (secondary N) is 1. The molecule has 204 valence electrons. The van der Waals surface area contributed by atoms with Crippen LogP contribution < -0.4 is 25.2 Å². The topological polar surface area (TPSA) is 125 Å². The molecule has 0 atom stereocenters. The quantitative estimate of drug-likeness (QED) is 0.363. The first-order valence-electron chi connectivity index (χ1n) is 12.3. The first kappa shape index (κ1) is 29.3. The fourth-order valence-electron chi connectivity index (χ4n) is 4.15. The number of aryl methyl sites for hydroxylation is 1. The van der Waals surface area contributed by atoms with Gasteiger partial charge >= 0.3 is 0 Å². The summed E-state index contributed by atoms with van der Waals surface area (Å²) in [6, 6.07) is 11.8. The number of hydrogen-bond acceptors (Lipinski definition) is 8. The average molecular weight is 562 g/mol. The molecule has 1 N–H and O–H groups in total. The predicted molar refractivity (Wildman–Crippen MR) is 142 cm³/mol. The largest absolute Gasteiger partial charge is 0.545 e. The summed E-state index contributed by atoms with van der Waals surface area (Å²) in [6.07, 6.45) is 4.24. The van der Waals surface area contributed by atoms with E-state index in [-0.39, 0.29) is 5.91 Å². The lowest BCUT2D eigenvalue weighted by atomic mass is 10.0. The molecule has 2 heterocycles. The normalized spacial score (nSPS) is 15.3. The molecule has 0 aliphatic carbocycles. The van der Waals surface area contributed by atoms with E-state index in [9.17, 15) is 24.6 Å². The van der Waals surface area contributed by atoms with Gasteiger partial charge in [-0.25, -0.2) is 0 Å². The maximum absolute atomic E-state index is 11.5. The second kappa shape index (κ2) is 14.6. The molecule has 0 aromatic heterocycles. The number of carbonyl (C=O) groups excluding carboxylic acids is 3. The zero-order valence-electron chi connectivity index (χ0n) is 20.8. The van der Waals surface area contributed by atoms with E-state index in [4.69, 9.17) is 27.9 Å². The Hall–Kier alpha value is -3.27. The molecule has 2 aromatic carbocycles. The molecule has 0 radical (unpaired) electrons. The van der Waals surface area contributed by atoms with Gasteiger partial charge in [0.2, 0.25) is 5.91 Å². The second-order valence-corrected chi connectivity index (χ2v) is 9.58. The molecule has 11 heteroatoms. The van der Waals surface area contributed by atoms with E-state index in [2.05, 4.69) is 21.2 Å². The standard InChI is InChI=1S/C23H27Cl2N3O2.C4H4O4/c24-19-4-3-5-21(23(19)25)28-13-11-27(12-14-28)10-1-2-15-30-18-8-6-17-7-9-22(29)26-20(17)16-18;5-3(6)1-2-4(7)8/h3-6,8,16H,1-2,7,9-15H2,(H,26,29);1-2H,(H,5,6)(H,7,8)/p-2/b;2-1-. The van der Waals surface area contributed by atoms with Gasteiger partial charge in [0.25, 0.3) is 0 Å². The van der Waals surface area contributed by atoms with E-state index in [1.807, 2.05) is 30.3 Å². The van der Waals surface area contributed by atoms with Crippen LogP contribution in [0, 0.1) is 0 Å². The first-order valence-corrected chi connectivity index (χ1v) is 13.1. The van der Waals surface area contributed by atoms with Gasteiger partial charge in [0.1, 0.15) is 5.75 Å². The number of hydrogen-bond donors (Lipinski definition) is 1. The average Bonchev–Trinajstić information content (AvgIpc) is 2.89. The summed E-state index contributed by atoms with van der Waals surface area (Å²) in [5.41, 5.74) is 3.10. The lowest BCUT2D eigenvalue weighted by Gasteiger charge is -2.36. The molecule has 2 aliphatic heterocycles. The van der Waals surface area contributed by atoms with Crippen LogP contribution in [0.4, 0.5) is 11.4 Å². The molecule has 4 rings (SSSR count). The van der Waals surface area contributed by atoms with Crippen LogP contribution in [0.5, 0.6) is 5.75 Å². The van der Waals surface area contributed by atoms with Crippen LogP contribution >= 0.6 is 23.2 Å². The van der Waals surface area contributed by atoms with Crippen LogP contribution in [0.3, 0.4) is 0 Å². The van der Waals surface area contributed by atoms with E-state index in [0.29, 0.717) is 35.2 Å². The van der Waals surface area contributed by atoms with Gasteiger partial charge in [-0.2, -0.15) is 0 Å². The summed E-state index contributed by atoms with van der Waals surface area (Å²) >= 11 is 12.5. The fourth-order valence-corrected chi connectivity index (χ4v) is 4.57. The Bertz CT molecular complexity index is 1150. The smallest absolute Gasteiger partial charge is 0.224 e. The summed E-state index contributed by atoms with van der Waals surface area (Å²) in [7, 11) is 0. The second-order valence-electron chi connectivity index (χ2n) is 8.80. The van der Waals surface area contributed by atoms with Gasteiger partial charge in [0.15, 0.2) is 0 Å². The molecule has 2 aromatic rings. The maximum atomic E-state index is 11.5. The Morgan fingerprint density at radius 1 is 0.974 bits per heavy atom. The van der Waals surface area contributed by atoms with Crippen molar-refractivity contribution in [2.24, 2.45) is 0 Å². The highest BCUT2D eigenvalue weighted by Crippen LogP contribution is 2.33. The van der Waals surface area contributed by atoms with Crippen molar-refractivity contribution >= 4 is 52.4 Å². The number of unbranched alkanes of at least 4 members (excludes halogenated alkanes) is 1. The molecule has 2 aliphatic rings. The number of fused-ring (bicyclic) bond motifs is 1. The van der Waals surface area contributed by atoms with Gasteiger partial charge < -0.3 is 34.8 Å². The maximum Gasteiger partial charge on any atom is 0.224 e. The van der Waals surface area contributed by atoms with Crippen LogP contribution in [0.15, 0.2) is 48.6 Å². The van der Waals surface area contributed by atoms with Crippen molar-refractivity contribution in [1.29, 1.82) is 0 Å². The third kappa shape index (κ3) is 9.24. The van der Waals surface area contributed by atoms with Gasteiger partial charge in [-0.15, -0.1) is 0 Å². The minimum atomic E-state index is -1.55. The number of piperazine rings is 1. The first-order chi connectivity index (χ1) is 18.2. The summed E-state index contributed by atoms with van der Waals surface area (Å²) in [6.45, 7) is 5.71. The van der Waals surface area contributed by atoms with Gasteiger partial charge in [0.05, 0.1) is 34.3 Å². The van der Waals surface area contributed by atoms with Gasteiger partial charge in [-0.3, -0.25) is 9.69 Å². The third-order valence-corrected chi connectivity index (χ3v) is 6.92. The summed E-state index contributed by atoms with van der Waals surface area (Å²) < 4.78 is 5.89. The number of ether oxygens (including phenoxy) is 1. The number of carboxylic acid groups (broad SMARTS) is 2. The zero-order chi connectivity index (χ0) is 27.5. The highest BCUT2D eigenvalue weighted by atomic mass is 35.5. The van der Waals surface area contributed by atoms with Gasteiger partial charge in [-0.05, 0) is 61.7 Å². The minimum Gasteiger partial charge on any atom is -0.545 e. The monoisotopic (exact) mass is 561 g/mol. The molecule has 0 bridgehead atoms. The number of amides is 1. The minimum absolute atomic E-state index is 0.0809. The van der Waals surface area contributed by atoms with Crippen molar-refractivity contribution in [3.63, 3.8) is 0 Å². The molecule has 1 amide bonds. The van der Waals surface area contributed by atoms with E-state index in [1.165, 1.54) is 5.56 Å². The summed E-state index contributed by atoms with van der Waals surface area (Å²) in [5, 5.41) is 23.0. The van der Waals surface area contributed by atoms with Crippen molar-refractivity contribution < 1.29 is 29.3 Å². The molecule has 0 spiro atoms. The number of nitrogens with zero attached hydrogens (tertiary/aromatic N) is 2. The molecule has 1 fully saturated rings. The number of aliphatic carboxylic acids is 2. The van der Waals surface area contributed by atoms with Crippen molar-refractivity contribution in [1.82, 2.24) is 4.90 Å². The van der Waals surface area contributed by atoms with Crippen LogP contribution in [0.2, 0.25) is 10.0 Å². The SMILES string of the molecule is O=C([O-])/C=C\C(=O)[O-].O=C1CCc2ccc(OCCCCN3CCN(c4cccc(Cl)c4Cl)CC3)cc2N1. The molecule has 1 saturated heterocycles. The molecule has 0 unspecified atom stereocenters. The fraction of sp³-hybridized carbons (Fsp3) is 0.370.